The number of rotatable bonds is 4. The van der Waals surface area contributed by atoms with Crippen LogP contribution in [0.1, 0.15) is 17.3 Å². The highest BCUT2D eigenvalue weighted by molar-refractivity contribution is 6.32. The van der Waals surface area contributed by atoms with E-state index in [0.717, 1.165) is 12.1 Å². The number of ether oxygens (including phenoxy) is 2. The molecule has 0 amide bonds. The molecule has 0 fully saturated rings. The molecule has 0 N–H and O–H groups in total. The fraction of sp³-hybridized carbons (Fsp3) is 0.143. The average Bonchev–Trinajstić information content (AvgIpc) is 2.43. The van der Waals surface area contributed by atoms with Crippen LogP contribution < -0.4 is 9.47 Å². The summed E-state index contributed by atoms with van der Waals surface area (Å²) in [6, 6.07) is 6.62. The predicted molar refractivity (Wildman–Crippen MR) is 71.8 cm³/mol. The highest BCUT2D eigenvalue weighted by Crippen LogP contribution is 2.26. The second-order valence-corrected chi connectivity index (χ2v) is 4.16. The van der Waals surface area contributed by atoms with Gasteiger partial charge in [0.1, 0.15) is 17.1 Å². The molecule has 0 radical (unpaired) electrons. The van der Waals surface area contributed by atoms with Crippen molar-refractivity contribution < 1.29 is 18.7 Å². The number of carbonyl (C=O) groups is 1. The van der Waals surface area contributed by atoms with E-state index in [4.69, 9.17) is 21.1 Å². The molecule has 1 aromatic carbocycles. The molecule has 0 aliphatic heterocycles. The van der Waals surface area contributed by atoms with E-state index in [0.29, 0.717) is 6.61 Å². The zero-order chi connectivity index (χ0) is 14.5. The summed E-state index contributed by atoms with van der Waals surface area (Å²) in [7, 11) is 0. The van der Waals surface area contributed by atoms with Crippen LogP contribution >= 0.6 is 11.6 Å². The number of halogens is 2. The van der Waals surface area contributed by atoms with E-state index in [1.165, 1.54) is 18.3 Å². The fourth-order valence-corrected chi connectivity index (χ4v) is 1.72. The summed E-state index contributed by atoms with van der Waals surface area (Å²) in [4.78, 5) is 16.0. The Kier molecular flexibility index (Phi) is 4.53. The van der Waals surface area contributed by atoms with E-state index in [1.54, 1.807) is 13.0 Å². The number of benzene rings is 1. The third-order valence-corrected chi connectivity index (χ3v) is 2.66. The third-order valence-electron chi connectivity index (χ3n) is 2.37. The maximum Gasteiger partial charge on any atom is 0.349 e. The topological polar surface area (TPSA) is 48.4 Å². The summed E-state index contributed by atoms with van der Waals surface area (Å²) < 4.78 is 23.3. The van der Waals surface area contributed by atoms with Crippen molar-refractivity contribution in [3.63, 3.8) is 0 Å². The van der Waals surface area contributed by atoms with Crippen LogP contribution in [0.3, 0.4) is 0 Å². The van der Waals surface area contributed by atoms with Crippen molar-refractivity contribution in [2.45, 2.75) is 6.92 Å². The summed E-state index contributed by atoms with van der Waals surface area (Å²) >= 11 is 5.80. The monoisotopic (exact) mass is 295 g/mol. The molecule has 6 heteroatoms. The molecule has 2 aromatic rings. The van der Waals surface area contributed by atoms with Crippen molar-refractivity contribution in [2.24, 2.45) is 0 Å². The molecule has 0 spiro atoms. The Hall–Kier alpha value is -2.14. The lowest BCUT2D eigenvalue weighted by Gasteiger charge is -2.09. The SMILES string of the molecule is CCOc1ncccc1C(=O)Oc1ccc(F)cc1Cl. The van der Waals surface area contributed by atoms with Crippen molar-refractivity contribution in [3.05, 3.63) is 52.9 Å². The van der Waals surface area contributed by atoms with Gasteiger partial charge in [0.05, 0.1) is 11.6 Å². The smallest absolute Gasteiger partial charge is 0.349 e. The summed E-state index contributed by atoms with van der Waals surface area (Å²) in [6.07, 6.45) is 1.51. The lowest BCUT2D eigenvalue weighted by Crippen LogP contribution is -2.12. The first-order chi connectivity index (χ1) is 9.61. The molecule has 0 unspecified atom stereocenters. The largest absolute Gasteiger partial charge is 0.477 e. The summed E-state index contributed by atoms with van der Waals surface area (Å²) in [5.41, 5.74) is 0.176. The normalized spacial score (nSPS) is 10.2. The van der Waals surface area contributed by atoms with Gasteiger partial charge in [-0.1, -0.05) is 11.6 Å². The quantitative estimate of drug-likeness (QED) is 0.640. The van der Waals surface area contributed by atoms with Gasteiger partial charge < -0.3 is 9.47 Å². The number of hydrogen-bond acceptors (Lipinski definition) is 4. The number of carbonyl (C=O) groups excluding carboxylic acids is 1. The molecule has 20 heavy (non-hydrogen) atoms. The highest BCUT2D eigenvalue weighted by Gasteiger charge is 2.17. The Labute approximate surface area is 120 Å². The van der Waals surface area contributed by atoms with E-state index in [2.05, 4.69) is 4.98 Å². The molecule has 0 saturated heterocycles. The molecule has 1 aromatic heterocycles. The minimum absolute atomic E-state index is 0.0141. The van der Waals surface area contributed by atoms with Gasteiger partial charge in [-0.25, -0.2) is 14.2 Å². The van der Waals surface area contributed by atoms with Crippen molar-refractivity contribution in [1.29, 1.82) is 0 Å². The van der Waals surface area contributed by atoms with Crippen LogP contribution in [0.15, 0.2) is 36.5 Å². The van der Waals surface area contributed by atoms with Gasteiger partial charge in [-0.15, -0.1) is 0 Å². The molecule has 2 rings (SSSR count). The van der Waals surface area contributed by atoms with Gasteiger partial charge in [-0.2, -0.15) is 0 Å². The third kappa shape index (κ3) is 3.24. The number of aromatic nitrogens is 1. The maximum atomic E-state index is 12.9. The standard InChI is InChI=1S/C14H11ClFNO3/c1-2-19-13-10(4-3-7-17-13)14(18)20-12-6-5-9(16)8-11(12)15/h3-8H,2H2,1H3. The van der Waals surface area contributed by atoms with Crippen LogP contribution in [-0.4, -0.2) is 17.6 Å². The Balaban J connectivity index is 2.24. The van der Waals surface area contributed by atoms with Crippen molar-refractivity contribution in [1.82, 2.24) is 4.98 Å². The summed E-state index contributed by atoms with van der Waals surface area (Å²) in [6.45, 7) is 2.15. The van der Waals surface area contributed by atoms with Gasteiger partial charge in [0.2, 0.25) is 5.88 Å². The number of hydrogen-bond donors (Lipinski definition) is 0. The van der Waals surface area contributed by atoms with Crippen LogP contribution in [0, 0.1) is 5.82 Å². The molecule has 4 nitrogen and oxygen atoms in total. The van der Waals surface area contributed by atoms with Crippen molar-refractivity contribution in [3.8, 4) is 11.6 Å². The van der Waals surface area contributed by atoms with Gasteiger partial charge >= 0.3 is 5.97 Å². The second-order valence-electron chi connectivity index (χ2n) is 3.75. The zero-order valence-corrected chi connectivity index (χ0v) is 11.4. The number of esters is 1. The van der Waals surface area contributed by atoms with E-state index in [1.807, 2.05) is 0 Å². The molecule has 0 bridgehead atoms. The Morgan fingerprint density at radius 1 is 1.40 bits per heavy atom. The highest BCUT2D eigenvalue weighted by atomic mass is 35.5. The van der Waals surface area contributed by atoms with Crippen LogP contribution in [-0.2, 0) is 0 Å². The molecule has 0 saturated carbocycles. The first-order valence-corrected chi connectivity index (χ1v) is 6.24. The summed E-state index contributed by atoms with van der Waals surface area (Å²) in [5, 5.41) is 0.0141. The van der Waals surface area contributed by atoms with E-state index >= 15 is 0 Å². The molecule has 104 valence electrons. The minimum atomic E-state index is -0.671. The van der Waals surface area contributed by atoms with Crippen LogP contribution in [0.25, 0.3) is 0 Å². The number of pyridine rings is 1. The molecule has 0 aliphatic carbocycles. The second kappa shape index (κ2) is 6.34. The predicted octanol–water partition coefficient (Wildman–Crippen LogP) is 3.49. The zero-order valence-electron chi connectivity index (χ0n) is 10.6. The molecule has 0 aliphatic rings. The lowest BCUT2D eigenvalue weighted by atomic mass is 10.2. The maximum absolute atomic E-state index is 12.9. The average molecular weight is 296 g/mol. The van der Waals surface area contributed by atoms with Gasteiger partial charge in [-0.05, 0) is 37.3 Å². The lowest BCUT2D eigenvalue weighted by molar-refractivity contribution is 0.0729. The van der Waals surface area contributed by atoms with E-state index in [-0.39, 0.29) is 22.2 Å². The summed E-state index contributed by atoms with van der Waals surface area (Å²) in [5.74, 6) is -0.927. The van der Waals surface area contributed by atoms with Gasteiger partial charge in [-0.3, -0.25) is 0 Å². The Bertz CT molecular complexity index is 634. The van der Waals surface area contributed by atoms with Crippen LogP contribution in [0.2, 0.25) is 5.02 Å². The molecular weight excluding hydrogens is 285 g/mol. The Morgan fingerprint density at radius 2 is 2.20 bits per heavy atom. The Morgan fingerprint density at radius 3 is 2.90 bits per heavy atom. The minimum Gasteiger partial charge on any atom is -0.477 e. The van der Waals surface area contributed by atoms with Crippen molar-refractivity contribution >= 4 is 17.6 Å². The van der Waals surface area contributed by atoms with Gasteiger partial charge in [0.15, 0.2) is 0 Å². The number of nitrogens with zero attached hydrogens (tertiary/aromatic N) is 1. The van der Waals surface area contributed by atoms with Crippen LogP contribution in [0.5, 0.6) is 11.6 Å². The first-order valence-electron chi connectivity index (χ1n) is 5.87. The van der Waals surface area contributed by atoms with Crippen molar-refractivity contribution in [2.75, 3.05) is 6.61 Å². The van der Waals surface area contributed by atoms with Crippen LogP contribution in [0.4, 0.5) is 4.39 Å². The van der Waals surface area contributed by atoms with Gasteiger partial charge in [0.25, 0.3) is 0 Å². The molecule has 1 heterocycles. The van der Waals surface area contributed by atoms with E-state index < -0.39 is 11.8 Å². The fourth-order valence-electron chi connectivity index (χ4n) is 1.51. The molecule has 0 atom stereocenters. The molecular formula is C14H11ClFNO3. The van der Waals surface area contributed by atoms with E-state index in [9.17, 15) is 9.18 Å². The van der Waals surface area contributed by atoms with Gasteiger partial charge in [0, 0.05) is 6.20 Å². The first kappa shape index (κ1) is 14.3.